The Balaban J connectivity index is 1.78. The van der Waals surface area contributed by atoms with Gasteiger partial charge < -0.3 is 15.5 Å². The van der Waals surface area contributed by atoms with E-state index in [1.54, 1.807) is 14.0 Å². The fraction of sp³-hybridized carbons (Fsp3) is 0.353. The van der Waals surface area contributed by atoms with Crippen molar-refractivity contribution in [1.82, 2.24) is 14.7 Å². The van der Waals surface area contributed by atoms with E-state index in [1.165, 1.54) is 9.80 Å². The predicted molar refractivity (Wildman–Crippen MR) is 94.5 cm³/mol. The fourth-order valence-electron chi connectivity index (χ4n) is 3.63. The molecule has 0 spiro atoms. The molecule has 0 aromatic heterocycles. The Morgan fingerprint density at radius 2 is 1.96 bits per heavy atom. The topological polar surface area (TPSA) is 85.5 Å². The van der Waals surface area contributed by atoms with Crippen molar-refractivity contribution in [2.75, 3.05) is 24.2 Å². The first-order valence-electron chi connectivity index (χ1n) is 8.23. The van der Waals surface area contributed by atoms with Gasteiger partial charge in [-0.05, 0) is 26.0 Å². The lowest BCUT2D eigenvalue weighted by Crippen LogP contribution is -2.64. The van der Waals surface area contributed by atoms with Crippen molar-refractivity contribution >= 4 is 29.3 Å². The molecule has 2 unspecified atom stereocenters. The van der Waals surface area contributed by atoms with Gasteiger partial charge in [0.2, 0.25) is 5.96 Å². The van der Waals surface area contributed by atoms with E-state index in [0.29, 0.717) is 18.2 Å². The first-order chi connectivity index (χ1) is 12.0. The van der Waals surface area contributed by atoms with Crippen LogP contribution in [0.2, 0.25) is 0 Å². The zero-order valence-corrected chi connectivity index (χ0v) is 14.4. The van der Waals surface area contributed by atoms with Crippen LogP contribution in [0.5, 0.6) is 0 Å². The van der Waals surface area contributed by atoms with E-state index in [0.717, 1.165) is 11.4 Å². The number of nitrogens with zero attached hydrogens (tertiary/aromatic N) is 5. The molecule has 8 nitrogen and oxygen atoms in total. The first-order valence-corrected chi connectivity index (χ1v) is 8.23. The molecular formula is C17H20N6O2. The summed E-state index contributed by atoms with van der Waals surface area (Å²) in [5.74, 6) is 0.401. The molecule has 3 aliphatic rings. The molecule has 1 aromatic rings. The average molecular weight is 340 g/mol. The van der Waals surface area contributed by atoms with Crippen LogP contribution in [-0.4, -0.2) is 58.4 Å². The van der Waals surface area contributed by atoms with Crippen LogP contribution in [0.3, 0.4) is 0 Å². The van der Waals surface area contributed by atoms with Crippen LogP contribution in [0.15, 0.2) is 41.2 Å². The van der Waals surface area contributed by atoms with Gasteiger partial charge in [0.25, 0.3) is 5.91 Å². The Morgan fingerprint density at radius 3 is 2.64 bits per heavy atom. The van der Waals surface area contributed by atoms with Gasteiger partial charge in [-0.2, -0.15) is 0 Å². The molecule has 2 N–H and O–H groups in total. The van der Waals surface area contributed by atoms with Gasteiger partial charge in [-0.3, -0.25) is 14.6 Å². The summed E-state index contributed by atoms with van der Waals surface area (Å²) in [4.78, 5) is 36.5. The van der Waals surface area contributed by atoms with Crippen molar-refractivity contribution in [1.29, 1.82) is 0 Å². The summed E-state index contributed by atoms with van der Waals surface area (Å²) in [7, 11) is 1.68. The summed E-state index contributed by atoms with van der Waals surface area (Å²) in [5.41, 5.74) is 8.49. The summed E-state index contributed by atoms with van der Waals surface area (Å²) in [5, 5.41) is 0. The number of para-hydroxylation sites is 2. The molecule has 1 fully saturated rings. The first kappa shape index (κ1) is 15.5. The van der Waals surface area contributed by atoms with Gasteiger partial charge in [0, 0.05) is 25.5 Å². The molecular weight excluding hydrogens is 320 g/mol. The van der Waals surface area contributed by atoms with E-state index in [4.69, 9.17) is 10.7 Å². The van der Waals surface area contributed by atoms with Crippen LogP contribution in [-0.2, 0) is 4.79 Å². The lowest BCUT2D eigenvalue weighted by Gasteiger charge is -2.39. The number of hydrogen-bond donors (Lipinski definition) is 1. The SMILES string of the molecule is CCN1C(=O)C2C(N=C3N(c4ccccc4N)C(C)=CN32)N(C)C1=O. The van der Waals surface area contributed by atoms with E-state index >= 15 is 0 Å². The molecule has 3 amide bonds. The third-order valence-corrected chi connectivity index (χ3v) is 4.88. The molecule has 130 valence electrons. The van der Waals surface area contributed by atoms with Crippen LogP contribution in [0, 0.1) is 0 Å². The minimum absolute atomic E-state index is 0.221. The number of urea groups is 1. The second-order valence-electron chi connectivity index (χ2n) is 6.34. The van der Waals surface area contributed by atoms with Crippen LogP contribution in [0.4, 0.5) is 16.2 Å². The highest BCUT2D eigenvalue weighted by molar-refractivity contribution is 6.10. The number of carbonyl (C=O) groups is 2. The maximum absolute atomic E-state index is 12.8. The van der Waals surface area contributed by atoms with Gasteiger partial charge in [-0.15, -0.1) is 0 Å². The highest BCUT2D eigenvalue weighted by atomic mass is 16.2. The zero-order valence-electron chi connectivity index (χ0n) is 14.4. The number of carbonyl (C=O) groups excluding carboxylic acids is 2. The van der Waals surface area contributed by atoms with E-state index in [9.17, 15) is 9.59 Å². The van der Waals surface area contributed by atoms with Gasteiger partial charge in [-0.1, -0.05) is 12.1 Å². The number of likely N-dealkylation sites (N-methyl/N-ethyl adjacent to an activating group) is 2. The Bertz CT molecular complexity index is 832. The number of aliphatic imine (C=N–C) groups is 1. The maximum atomic E-state index is 12.8. The van der Waals surface area contributed by atoms with Gasteiger partial charge in [0.1, 0.15) is 0 Å². The molecule has 0 aliphatic carbocycles. The number of amides is 3. The number of fused-ring (bicyclic) bond motifs is 3. The van der Waals surface area contributed by atoms with Gasteiger partial charge >= 0.3 is 6.03 Å². The standard InChI is InChI=1S/C17H20N6O2/c1-4-21-15(24)13-14(20(3)17(21)25)19-16-22(13)9-10(2)23(16)12-8-6-5-7-11(12)18/h5-9,13-14H,4,18H2,1-3H3. The molecule has 0 radical (unpaired) electrons. The molecule has 0 bridgehead atoms. The molecule has 8 heteroatoms. The van der Waals surface area contributed by atoms with E-state index < -0.39 is 12.2 Å². The molecule has 25 heavy (non-hydrogen) atoms. The van der Waals surface area contributed by atoms with Gasteiger partial charge in [0.05, 0.1) is 11.4 Å². The lowest BCUT2D eigenvalue weighted by molar-refractivity contribution is -0.136. The summed E-state index contributed by atoms with van der Waals surface area (Å²) in [6.45, 7) is 4.08. The van der Waals surface area contributed by atoms with Gasteiger partial charge in [-0.25, -0.2) is 9.79 Å². The highest BCUT2D eigenvalue weighted by Crippen LogP contribution is 2.38. The second-order valence-corrected chi connectivity index (χ2v) is 6.34. The van der Waals surface area contributed by atoms with Gasteiger partial charge in [0.15, 0.2) is 12.2 Å². The third-order valence-electron chi connectivity index (χ3n) is 4.88. The fourth-order valence-corrected chi connectivity index (χ4v) is 3.63. The molecule has 3 aliphatic heterocycles. The van der Waals surface area contributed by atoms with Crippen molar-refractivity contribution in [2.45, 2.75) is 26.1 Å². The largest absolute Gasteiger partial charge is 0.397 e. The zero-order chi connectivity index (χ0) is 17.9. The summed E-state index contributed by atoms with van der Waals surface area (Å²) >= 11 is 0. The van der Waals surface area contributed by atoms with Crippen molar-refractivity contribution in [3.05, 3.63) is 36.2 Å². The number of imide groups is 1. The Labute approximate surface area is 145 Å². The quantitative estimate of drug-likeness (QED) is 0.819. The average Bonchev–Trinajstić information content (AvgIpc) is 3.09. The van der Waals surface area contributed by atoms with Crippen LogP contribution < -0.4 is 10.6 Å². The Hall–Kier alpha value is -3.03. The summed E-state index contributed by atoms with van der Waals surface area (Å²) in [6, 6.07) is 6.66. The maximum Gasteiger partial charge on any atom is 0.328 e. The molecule has 0 saturated carbocycles. The van der Waals surface area contributed by atoms with E-state index in [1.807, 2.05) is 47.2 Å². The number of benzene rings is 1. The monoisotopic (exact) mass is 340 g/mol. The normalized spacial score (nSPS) is 25.2. The minimum atomic E-state index is -0.539. The van der Waals surface area contributed by atoms with E-state index in [2.05, 4.69) is 0 Å². The van der Waals surface area contributed by atoms with E-state index in [-0.39, 0.29) is 11.9 Å². The molecule has 3 heterocycles. The third kappa shape index (κ3) is 1.97. The smallest absolute Gasteiger partial charge is 0.328 e. The number of allylic oxidation sites excluding steroid dienone is 1. The number of guanidine groups is 1. The van der Waals surface area contributed by atoms with Crippen molar-refractivity contribution in [3.8, 4) is 0 Å². The highest BCUT2D eigenvalue weighted by Gasteiger charge is 2.54. The van der Waals surface area contributed by atoms with Crippen molar-refractivity contribution in [3.63, 3.8) is 0 Å². The number of rotatable bonds is 2. The second kappa shape index (κ2) is 5.23. The molecule has 2 atom stereocenters. The van der Waals surface area contributed by atoms with Crippen LogP contribution in [0.25, 0.3) is 0 Å². The minimum Gasteiger partial charge on any atom is -0.397 e. The molecule has 4 rings (SSSR count). The summed E-state index contributed by atoms with van der Waals surface area (Å²) < 4.78 is 0. The number of anilines is 2. The molecule has 1 aromatic carbocycles. The van der Waals surface area contributed by atoms with Crippen molar-refractivity contribution < 1.29 is 9.59 Å². The Morgan fingerprint density at radius 1 is 1.24 bits per heavy atom. The van der Waals surface area contributed by atoms with Crippen LogP contribution in [0.1, 0.15) is 13.8 Å². The molecule has 1 saturated heterocycles. The van der Waals surface area contributed by atoms with Crippen LogP contribution >= 0.6 is 0 Å². The van der Waals surface area contributed by atoms with Crippen molar-refractivity contribution in [2.24, 2.45) is 4.99 Å². The number of nitrogens with two attached hydrogens (primary N) is 1. The lowest BCUT2D eigenvalue weighted by atomic mass is 10.1. The predicted octanol–water partition coefficient (Wildman–Crippen LogP) is 1.23. The number of hydrogen-bond acceptors (Lipinski definition) is 6. The number of nitrogen functional groups attached to an aromatic ring is 1. The summed E-state index contributed by atoms with van der Waals surface area (Å²) in [6.07, 6.45) is 1.36. The Kier molecular flexibility index (Phi) is 3.24.